The zero-order valence-corrected chi connectivity index (χ0v) is 20.7. The number of rotatable bonds is 9. The van der Waals surface area contributed by atoms with Gasteiger partial charge in [-0.15, -0.1) is 0 Å². The maximum Gasteiger partial charge on any atom is 0.481 e. The molecule has 0 unspecified atom stereocenters. The van der Waals surface area contributed by atoms with Crippen LogP contribution in [0.1, 0.15) is 0 Å². The Morgan fingerprint density at radius 2 is 0.763 bits per heavy atom. The SMILES string of the molecule is N[C@H]1[C@@H](OP(=O)(O[C@H]2O[C@H](CO)[C@H](O)[C@H](O)[C@H]2N)O[C@H]2O[C@H](CO)[C@H](O)[C@H](O)[C@H]2N)O[C@H](CO)[C@H](O)[C@@H]1O. The van der Waals surface area contributed by atoms with Gasteiger partial charge in [-0.2, -0.15) is 0 Å². The summed E-state index contributed by atoms with van der Waals surface area (Å²) in [4.78, 5) is 0. The van der Waals surface area contributed by atoms with E-state index < -0.39 is 120 Å². The lowest BCUT2D eigenvalue weighted by atomic mass is 9.98. The predicted molar refractivity (Wildman–Crippen MR) is 118 cm³/mol. The lowest BCUT2D eigenvalue weighted by molar-refractivity contribution is -0.276. The molecule has 19 nitrogen and oxygen atoms in total. The van der Waals surface area contributed by atoms with Crippen LogP contribution in [0.2, 0.25) is 0 Å². The summed E-state index contributed by atoms with van der Waals surface area (Å²) in [5, 5.41) is 89.0. The molecule has 3 rings (SSSR count). The first-order valence-electron chi connectivity index (χ1n) is 11.6. The molecule has 0 saturated carbocycles. The fourth-order valence-electron chi connectivity index (χ4n) is 4.05. The van der Waals surface area contributed by atoms with E-state index in [-0.39, 0.29) is 0 Å². The molecule has 0 spiro atoms. The number of phosphoric ester groups is 1. The number of phosphoric acid groups is 1. The summed E-state index contributed by atoms with van der Waals surface area (Å²) in [6.45, 7) is -2.47. The van der Waals surface area contributed by atoms with Crippen LogP contribution in [-0.2, 0) is 32.3 Å². The van der Waals surface area contributed by atoms with Gasteiger partial charge in [0.25, 0.3) is 0 Å². The van der Waals surface area contributed by atoms with E-state index in [4.69, 9.17) is 45.0 Å². The number of hydrogen-bond donors (Lipinski definition) is 12. The molecule has 15 N–H and O–H groups in total. The minimum Gasteiger partial charge on any atom is -0.394 e. The molecule has 0 aromatic rings. The first kappa shape index (κ1) is 32.0. The summed E-state index contributed by atoms with van der Waals surface area (Å²) in [7, 11) is -5.22. The zero-order valence-electron chi connectivity index (χ0n) is 19.8. The highest BCUT2D eigenvalue weighted by Crippen LogP contribution is 2.55. The van der Waals surface area contributed by atoms with Crippen LogP contribution in [0, 0.1) is 0 Å². The standard InChI is InChI=1S/C18H36N3O16P/c19-7-13(28)10(25)4(1-22)32-16(7)35-38(31,36-17-8(20)14(29)11(26)5(2-23)33-17)37-18-9(21)15(30)12(27)6(3-24)34-18/h4-18,22-30H,1-3,19-21H2/t4-,5-,6-,7-,8-,9-,10+,11+,12+,13-,14-,15-,16-,17-,18-/m1/s1. The monoisotopic (exact) mass is 581 g/mol. The van der Waals surface area contributed by atoms with Gasteiger partial charge in [-0.3, -0.25) is 13.6 Å². The van der Waals surface area contributed by atoms with Gasteiger partial charge in [-0.25, -0.2) is 4.57 Å². The molecule has 3 saturated heterocycles. The van der Waals surface area contributed by atoms with Crippen LogP contribution in [-0.4, -0.2) is 158 Å². The van der Waals surface area contributed by atoms with Crippen LogP contribution in [0.25, 0.3) is 0 Å². The van der Waals surface area contributed by atoms with Crippen molar-refractivity contribution in [3.8, 4) is 0 Å². The molecule has 38 heavy (non-hydrogen) atoms. The molecule has 20 heteroatoms. The quantitative estimate of drug-likeness (QED) is 0.112. The average Bonchev–Trinajstić information content (AvgIpc) is 2.89. The van der Waals surface area contributed by atoms with Crippen molar-refractivity contribution in [2.45, 2.75) is 91.9 Å². The highest BCUT2D eigenvalue weighted by atomic mass is 31.2. The van der Waals surface area contributed by atoms with E-state index in [1.54, 1.807) is 0 Å². The molecule has 3 aliphatic heterocycles. The van der Waals surface area contributed by atoms with Crippen molar-refractivity contribution in [1.29, 1.82) is 0 Å². The van der Waals surface area contributed by atoms with Crippen LogP contribution >= 0.6 is 7.82 Å². The van der Waals surface area contributed by atoms with E-state index in [0.717, 1.165) is 0 Å². The first-order valence-corrected chi connectivity index (χ1v) is 13.0. The summed E-state index contributed by atoms with van der Waals surface area (Å²) in [6.07, 6.45) is -20.3. The Balaban J connectivity index is 1.91. The molecule has 0 aromatic carbocycles. The minimum atomic E-state index is -5.22. The maximum absolute atomic E-state index is 13.9. The minimum absolute atomic E-state index is 0.825. The molecule has 15 atom stereocenters. The number of ether oxygens (including phenoxy) is 3. The molecule has 0 radical (unpaired) electrons. The van der Waals surface area contributed by atoms with Gasteiger partial charge in [0.05, 0.1) is 37.9 Å². The number of aliphatic hydroxyl groups is 9. The largest absolute Gasteiger partial charge is 0.481 e. The van der Waals surface area contributed by atoms with Gasteiger partial charge < -0.3 is 77.4 Å². The Hall–Kier alpha value is -0.490. The topological polar surface area (TPSA) is 333 Å². The van der Waals surface area contributed by atoms with Gasteiger partial charge in [-0.05, 0) is 0 Å². The van der Waals surface area contributed by atoms with Crippen LogP contribution in [0.4, 0.5) is 0 Å². The van der Waals surface area contributed by atoms with E-state index in [1.807, 2.05) is 0 Å². The van der Waals surface area contributed by atoms with Crippen molar-refractivity contribution in [2.75, 3.05) is 19.8 Å². The van der Waals surface area contributed by atoms with E-state index in [1.165, 1.54) is 0 Å². The Morgan fingerprint density at radius 3 is 0.974 bits per heavy atom. The summed E-state index contributed by atoms with van der Waals surface area (Å²) >= 11 is 0. The fourth-order valence-corrected chi connectivity index (χ4v) is 5.53. The lowest BCUT2D eigenvalue weighted by Crippen LogP contribution is -2.64. The van der Waals surface area contributed by atoms with Crippen molar-refractivity contribution in [2.24, 2.45) is 17.2 Å². The van der Waals surface area contributed by atoms with E-state index in [9.17, 15) is 50.5 Å². The Labute approximate surface area is 215 Å². The molecular weight excluding hydrogens is 545 g/mol. The van der Waals surface area contributed by atoms with Gasteiger partial charge in [0, 0.05) is 0 Å². The smallest absolute Gasteiger partial charge is 0.394 e. The van der Waals surface area contributed by atoms with Crippen molar-refractivity contribution in [3.05, 3.63) is 0 Å². The third-order valence-electron chi connectivity index (χ3n) is 6.48. The van der Waals surface area contributed by atoms with Gasteiger partial charge in [0.15, 0.2) is 18.9 Å². The average molecular weight is 581 g/mol. The molecule has 0 amide bonds. The van der Waals surface area contributed by atoms with Crippen molar-refractivity contribution >= 4 is 7.82 Å². The van der Waals surface area contributed by atoms with Crippen molar-refractivity contribution in [3.63, 3.8) is 0 Å². The second-order valence-corrected chi connectivity index (χ2v) is 10.6. The predicted octanol–water partition coefficient (Wildman–Crippen LogP) is -7.56. The first-order chi connectivity index (χ1) is 17.8. The maximum atomic E-state index is 13.9. The van der Waals surface area contributed by atoms with E-state index >= 15 is 0 Å². The molecule has 0 bridgehead atoms. The molecule has 224 valence electrons. The number of hydrogen-bond acceptors (Lipinski definition) is 19. The second kappa shape index (κ2) is 13.0. The van der Waals surface area contributed by atoms with Crippen molar-refractivity contribution < 1.29 is 78.3 Å². The molecule has 3 fully saturated rings. The van der Waals surface area contributed by atoms with Crippen LogP contribution < -0.4 is 17.2 Å². The Kier molecular flexibility index (Phi) is 11.0. The second-order valence-electron chi connectivity index (χ2n) is 9.12. The molecule has 0 aromatic heterocycles. The van der Waals surface area contributed by atoms with Crippen molar-refractivity contribution in [1.82, 2.24) is 0 Å². The lowest BCUT2D eigenvalue weighted by Gasteiger charge is -2.44. The zero-order chi connectivity index (χ0) is 28.5. The Morgan fingerprint density at radius 1 is 0.526 bits per heavy atom. The summed E-state index contributed by atoms with van der Waals surface area (Å²) in [5.74, 6) is 0. The molecule has 3 aliphatic rings. The van der Waals surface area contributed by atoms with Gasteiger partial charge in [0.1, 0.15) is 54.9 Å². The van der Waals surface area contributed by atoms with Crippen LogP contribution in [0.15, 0.2) is 0 Å². The summed E-state index contributed by atoms with van der Waals surface area (Å²) < 4.78 is 45.7. The number of nitrogens with two attached hydrogens (primary N) is 3. The molecule has 0 aliphatic carbocycles. The third-order valence-corrected chi connectivity index (χ3v) is 7.88. The van der Waals surface area contributed by atoms with Crippen LogP contribution in [0.3, 0.4) is 0 Å². The van der Waals surface area contributed by atoms with E-state index in [0.29, 0.717) is 0 Å². The van der Waals surface area contributed by atoms with E-state index in [2.05, 4.69) is 0 Å². The summed E-state index contributed by atoms with van der Waals surface area (Å²) in [6, 6.07) is -4.82. The number of aliphatic hydroxyl groups excluding tert-OH is 9. The van der Waals surface area contributed by atoms with Gasteiger partial charge in [-0.1, -0.05) is 0 Å². The molecular formula is C18H36N3O16P. The fraction of sp³-hybridized carbons (Fsp3) is 1.00. The third kappa shape index (κ3) is 6.52. The highest BCUT2D eigenvalue weighted by Gasteiger charge is 2.53. The molecule has 3 heterocycles. The normalized spacial score (nSPS) is 48.7. The Bertz CT molecular complexity index is 712. The van der Waals surface area contributed by atoms with Gasteiger partial charge in [0.2, 0.25) is 0 Å². The van der Waals surface area contributed by atoms with Gasteiger partial charge >= 0.3 is 7.82 Å². The van der Waals surface area contributed by atoms with Crippen LogP contribution in [0.5, 0.6) is 0 Å². The highest BCUT2D eigenvalue weighted by molar-refractivity contribution is 7.48. The summed E-state index contributed by atoms with van der Waals surface area (Å²) in [5.41, 5.74) is 17.5.